The molecule has 0 saturated carbocycles. The largest absolute Gasteiger partial charge is 0.422 e. The second kappa shape index (κ2) is 8.09. The lowest BCUT2D eigenvalue weighted by Crippen LogP contribution is -2.41. The summed E-state index contributed by atoms with van der Waals surface area (Å²) in [6.07, 6.45) is 2.35. The van der Waals surface area contributed by atoms with Gasteiger partial charge in [0.2, 0.25) is 0 Å². The van der Waals surface area contributed by atoms with E-state index in [4.69, 9.17) is 9.15 Å². The van der Waals surface area contributed by atoms with E-state index in [0.29, 0.717) is 18.5 Å². The molecule has 1 fully saturated rings. The first kappa shape index (κ1) is 17.4. The highest BCUT2D eigenvalue weighted by Crippen LogP contribution is 2.19. The molecular formula is C19H22N2O4. The maximum absolute atomic E-state index is 12.3. The summed E-state index contributed by atoms with van der Waals surface area (Å²) in [6, 6.07) is 7.18. The lowest BCUT2D eigenvalue weighted by molar-refractivity contribution is 0.0383. The van der Waals surface area contributed by atoms with E-state index in [1.807, 2.05) is 18.2 Å². The number of carbonyl (C=O) groups is 1. The molecule has 132 valence electrons. The predicted molar refractivity (Wildman–Crippen MR) is 96.0 cm³/mol. The Morgan fingerprint density at radius 1 is 1.32 bits per heavy atom. The summed E-state index contributed by atoms with van der Waals surface area (Å²) >= 11 is 0. The van der Waals surface area contributed by atoms with Gasteiger partial charge < -0.3 is 14.5 Å². The molecule has 1 aliphatic rings. The van der Waals surface area contributed by atoms with Gasteiger partial charge in [0.1, 0.15) is 11.1 Å². The van der Waals surface area contributed by atoms with E-state index in [1.54, 1.807) is 12.1 Å². The van der Waals surface area contributed by atoms with Crippen molar-refractivity contribution >= 4 is 16.9 Å². The van der Waals surface area contributed by atoms with Gasteiger partial charge in [0, 0.05) is 31.6 Å². The number of fused-ring (bicyclic) bond motifs is 1. The molecule has 0 spiro atoms. The molecule has 3 rings (SSSR count). The number of allylic oxidation sites excluding steroid dienone is 1. The van der Waals surface area contributed by atoms with Gasteiger partial charge in [0.15, 0.2) is 0 Å². The summed E-state index contributed by atoms with van der Waals surface area (Å²) in [5.41, 5.74) is 0.805. The third kappa shape index (κ3) is 4.15. The Kier molecular flexibility index (Phi) is 5.63. The minimum Gasteiger partial charge on any atom is -0.422 e. The number of carbonyl (C=O) groups excluding carboxylic acids is 1. The van der Waals surface area contributed by atoms with Gasteiger partial charge in [-0.25, -0.2) is 4.79 Å². The van der Waals surface area contributed by atoms with Gasteiger partial charge in [-0.15, -0.1) is 6.58 Å². The Bertz CT molecular complexity index is 822. The van der Waals surface area contributed by atoms with Crippen LogP contribution >= 0.6 is 0 Å². The minimum absolute atomic E-state index is 0.0326. The molecule has 6 heteroatoms. The highest BCUT2D eigenvalue weighted by atomic mass is 16.5. The summed E-state index contributed by atoms with van der Waals surface area (Å²) in [5.74, 6) is -0.405. The van der Waals surface area contributed by atoms with Gasteiger partial charge in [-0.1, -0.05) is 24.3 Å². The number of amides is 1. The van der Waals surface area contributed by atoms with Crippen LogP contribution in [-0.2, 0) is 11.2 Å². The lowest BCUT2D eigenvalue weighted by Gasteiger charge is -2.26. The van der Waals surface area contributed by atoms with Crippen molar-refractivity contribution in [2.75, 3.05) is 39.4 Å². The number of hydrogen-bond donors (Lipinski definition) is 1. The van der Waals surface area contributed by atoms with Gasteiger partial charge in [0.05, 0.1) is 13.2 Å². The number of rotatable bonds is 6. The van der Waals surface area contributed by atoms with Crippen molar-refractivity contribution in [2.24, 2.45) is 0 Å². The van der Waals surface area contributed by atoms with Crippen LogP contribution in [-0.4, -0.2) is 50.2 Å². The normalized spacial score (nSPS) is 15.2. The zero-order chi connectivity index (χ0) is 17.6. The zero-order valence-electron chi connectivity index (χ0n) is 14.1. The van der Waals surface area contributed by atoms with Crippen LogP contribution in [0.4, 0.5) is 0 Å². The molecule has 0 unspecified atom stereocenters. The topological polar surface area (TPSA) is 71.8 Å². The first-order valence-corrected chi connectivity index (χ1v) is 8.44. The fraction of sp³-hybridized carbons (Fsp3) is 0.368. The Balaban J connectivity index is 1.71. The van der Waals surface area contributed by atoms with Crippen molar-refractivity contribution in [3.63, 3.8) is 0 Å². The molecule has 0 bridgehead atoms. The van der Waals surface area contributed by atoms with E-state index in [-0.39, 0.29) is 5.56 Å². The minimum atomic E-state index is -0.618. The molecule has 1 aromatic carbocycles. The molecule has 1 N–H and O–H groups in total. The number of para-hydroxylation sites is 1. The molecule has 2 aromatic rings. The lowest BCUT2D eigenvalue weighted by atomic mass is 10.1. The predicted octanol–water partition coefficient (Wildman–Crippen LogP) is 1.58. The van der Waals surface area contributed by atoms with Crippen LogP contribution in [0.3, 0.4) is 0 Å². The summed E-state index contributed by atoms with van der Waals surface area (Å²) in [4.78, 5) is 26.8. The highest BCUT2D eigenvalue weighted by molar-refractivity contribution is 5.97. The quantitative estimate of drug-likeness (QED) is 0.637. The molecule has 6 nitrogen and oxygen atoms in total. The summed E-state index contributed by atoms with van der Waals surface area (Å²) in [7, 11) is 0. The Morgan fingerprint density at radius 3 is 2.88 bits per heavy atom. The molecule has 0 atom stereocenters. The Hall–Kier alpha value is -2.44. The third-order valence-electron chi connectivity index (χ3n) is 4.27. The van der Waals surface area contributed by atoms with Crippen molar-refractivity contribution in [3.05, 3.63) is 58.5 Å². The first-order chi connectivity index (χ1) is 12.2. The summed E-state index contributed by atoms with van der Waals surface area (Å²) in [6.45, 7) is 8.08. The summed E-state index contributed by atoms with van der Waals surface area (Å²) < 4.78 is 10.7. The Labute approximate surface area is 146 Å². The number of nitrogens with one attached hydrogen (secondary N) is 1. The van der Waals surface area contributed by atoms with Crippen LogP contribution in [0.1, 0.15) is 15.9 Å². The first-order valence-electron chi connectivity index (χ1n) is 8.44. The van der Waals surface area contributed by atoms with Gasteiger partial charge in [-0.3, -0.25) is 9.69 Å². The van der Waals surface area contributed by atoms with Crippen LogP contribution in [0.25, 0.3) is 11.0 Å². The average molecular weight is 342 g/mol. The van der Waals surface area contributed by atoms with E-state index in [9.17, 15) is 9.59 Å². The van der Waals surface area contributed by atoms with Crippen LogP contribution in [0.5, 0.6) is 0 Å². The molecule has 0 radical (unpaired) electrons. The standard InChI is InChI=1S/C19H22N2O4/c1-2-4-14-5-3-6-15-13-16(19(23)25-17(14)15)18(22)20-7-8-21-9-11-24-12-10-21/h2-3,5-6,13H,1,4,7-12H2,(H,20,22). The van der Waals surface area contributed by atoms with E-state index in [1.165, 1.54) is 0 Å². The molecule has 1 aliphatic heterocycles. The SMILES string of the molecule is C=CCc1cccc2cc(C(=O)NCCN3CCOCC3)c(=O)oc12. The van der Waals surface area contributed by atoms with Crippen molar-refractivity contribution < 1.29 is 13.9 Å². The van der Waals surface area contributed by atoms with E-state index >= 15 is 0 Å². The van der Waals surface area contributed by atoms with Gasteiger partial charge in [-0.05, 0) is 18.1 Å². The van der Waals surface area contributed by atoms with Gasteiger partial charge >= 0.3 is 5.63 Å². The van der Waals surface area contributed by atoms with Crippen LogP contribution in [0.2, 0.25) is 0 Å². The van der Waals surface area contributed by atoms with Crippen LogP contribution in [0, 0.1) is 0 Å². The monoisotopic (exact) mass is 342 g/mol. The van der Waals surface area contributed by atoms with Gasteiger partial charge in [0.25, 0.3) is 5.91 Å². The van der Waals surface area contributed by atoms with Gasteiger partial charge in [-0.2, -0.15) is 0 Å². The maximum Gasteiger partial charge on any atom is 0.349 e. The number of benzene rings is 1. The molecule has 1 saturated heterocycles. The average Bonchev–Trinajstić information content (AvgIpc) is 2.63. The van der Waals surface area contributed by atoms with Crippen molar-refractivity contribution in [1.29, 1.82) is 0 Å². The van der Waals surface area contributed by atoms with E-state index in [2.05, 4.69) is 16.8 Å². The van der Waals surface area contributed by atoms with E-state index in [0.717, 1.165) is 43.8 Å². The van der Waals surface area contributed by atoms with Crippen molar-refractivity contribution in [2.45, 2.75) is 6.42 Å². The fourth-order valence-corrected chi connectivity index (χ4v) is 2.93. The molecule has 1 aromatic heterocycles. The number of nitrogens with zero attached hydrogens (tertiary/aromatic N) is 1. The highest BCUT2D eigenvalue weighted by Gasteiger charge is 2.16. The van der Waals surface area contributed by atoms with Crippen LogP contribution in [0.15, 0.2) is 46.1 Å². The number of hydrogen-bond acceptors (Lipinski definition) is 5. The Morgan fingerprint density at radius 2 is 2.12 bits per heavy atom. The maximum atomic E-state index is 12.3. The molecule has 2 heterocycles. The second-order valence-corrected chi connectivity index (χ2v) is 5.99. The van der Waals surface area contributed by atoms with Crippen molar-refractivity contribution in [1.82, 2.24) is 10.2 Å². The van der Waals surface area contributed by atoms with Crippen molar-refractivity contribution in [3.8, 4) is 0 Å². The number of morpholine rings is 1. The third-order valence-corrected chi connectivity index (χ3v) is 4.27. The smallest absolute Gasteiger partial charge is 0.349 e. The molecule has 0 aliphatic carbocycles. The molecular weight excluding hydrogens is 320 g/mol. The molecule has 1 amide bonds. The zero-order valence-corrected chi connectivity index (χ0v) is 14.1. The number of ether oxygens (including phenoxy) is 1. The van der Waals surface area contributed by atoms with E-state index < -0.39 is 11.5 Å². The van der Waals surface area contributed by atoms with Crippen LogP contribution < -0.4 is 10.9 Å². The molecule has 25 heavy (non-hydrogen) atoms. The summed E-state index contributed by atoms with van der Waals surface area (Å²) in [5, 5.41) is 3.53. The second-order valence-electron chi connectivity index (χ2n) is 5.99. The fourth-order valence-electron chi connectivity index (χ4n) is 2.93.